The number of halogens is 1. The van der Waals surface area contributed by atoms with Gasteiger partial charge in [-0.25, -0.2) is 17.5 Å². The topological polar surface area (TPSA) is 75.7 Å². The summed E-state index contributed by atoms with van der Waals surface area (Å²) in [7, 11) is -3.78. The molecule has 4 rings (SSSR count). The van der Waals surface area contributed by atoms with E-state index in [1.54, 1.807) is 0 Å². The molecule has 1 aliphatic heterocycles. The maximum Gasteiger partial charge on any atom is 0.267 e. The number of benzene rings is 2. The third kappa shape index (κ3) is 6.32. The van der Waals surface area contributed by atoms with E-state index in [-0.39, 0.29) is 17.6 Å². The van der Waals surface area contributed by atoms with Crippen LogP contribution in [0.2, 0.25) is 0 Å². The SMILES string of the molecule is Cc1cc(C)cc(CN2CCC[C@@H](Oc3cc(F)c(C(=O)NS(C)(=O)=O)cc3C3CC3)C2)c1. The molecule has 2 aromatic rings. The van der Waals surface area contributed by atoms with E-state index in [0.717, 1.165) is 57.1 Å². The van der Waals surface area contributed by atoms with Crippen molar-refractivity contribution < 1.29 is 22.3 Å². The first-order chi connectivity index (χ1) is 15.6. The van der Waals surface area contributed by atoms with E-state index in [0.29, 0.717) is 5.75 Å². The quantitative estimate of drug-likeness (QED) is 0.655. The van der Waals surface area contributed by atoms with Gasteiger partial charge in [0.25, 0.3) is 5.91 Å². The molecule has 0 unspecified atom stereocenters. The Morgan fingerprint density at radius 3 is 2.45 bits per heavy atom. The van der Waals surface area contributed by atoms with E-state index < -0.39 is 21.7 Å². The van der Waals surface area contributed by atoms with Gasteiger partial charge in [-0.3, -0.25) is 9.69 Å². The van der Waals surface area contributed by atoms with Crippen molar-refractivity contribution in [1.29, 1.82) is 0 Å². The number of amides is 1. The van der Waals surface area contributed by atoms with E-state index in [1.165, 1.54) is 28.8 Å². The van der Waals surface area contributed by atoms with E-state index >= 15 is 0 Å². The highest BCUT2D eigenvalue weighted by molar-refractivity contribution is 7.89. The van der Waals surface area contributed by atoms with Crippen LogP contribution in [0.5, 0.6) is 5.75 Å². The van der Waals surface area contributed by atoms with Gasteiger partial charge in [-0.05, 0) is 69.2 Å². The van der Waals surface area contributed by atoms with Crippen LogP contribution in [0.3, 0.4) is 0 Å². The predicted octanol–water partition coefficient (Wildman–Crippen LogP) is 4.05. The lowest BCUT2D eigenvalue weighted by Crippen LogP contribution is -2.40. The molecule has 8 heteroatoms. The van der Waals surface area contributed by atoms with Crippen LogP contribution in [-0.4, -0.2) is 44.7 Å². The third-order valence-electron chi connectivity index (χ3n) is 6.08. The molecule has 2 aliphatic rings. The minimum absolute atomic E-state index is 0.0720. The summed E-state index contributed by atoms with van der Waals surface area (Å²) in [5.41, 5.74) is 4.29. The highest BCUT2D eigenvalue weighted by Crippen LogP contribution is 2.45. The summed E-state index contributed by atoms with van der Waals surface area (Å²) in [5, 5.41) is 0. The summed E-state index contributed by atoms with van der Waals surface area (Å²) >= 11 is 0. The van der Waals surface area contributed by atoms with E-state index in [4.69, 9.17) is 4.74 Å². The molecule has 1 N–H and O–H groups in total. The number of hydrogen-bond donors (Lipinski definition) is 1. The Bertz CT molecular complexity index is 1140. The number of aryl methyl sites for hydroxylation is 2. The molecule has 1 saturated heterocycles. The monoisotopic (exact) mass is 474 g/mol. The van der Waals surface area contributed by atoms with E-state index in [1.807, 2.05) is 4.72 Å². The van der Waals surface area contributed by atoms with Crippen LogP contribution in [0, 0.1) is 19.7 Å². The number of hydrogen-bond acceptors (Lipinski definition) is 5. The molecule has 1 atom stereocenters. The van der Waals surface area contributed by atoms with Crippen molar-refractivity contribution in [2.75, 3.05) is 19.3 Å². The van der Waals surface area contributed by atoms with Crippen molar-refractivity contribution in [3.63, 3.8) is 0 Å². The molecule has 0 radical (unpaired) electrons. The summed E-state index contributed by atoms with van der Waals surface area (Å²) in [6.45, 7) is 6.78. The summed E-state index contributed by atoms with van der Waals surface area (Å²) in [6.07, 6.45) is 4.56. The fourth-order valence-corrected chi connectivity index (χ4v) is 5.08. The molecule has 0 spiro atoms. The molecule has 2 aromatic carbocycles. The standard InChI is InChI=1S/C25H31FN2O4S/c1-16-9-17(2)11-18(10-16)14-28-8-4-5-20(15-28)32-24-13-23(26)22(12-21(24)19-6-7-19)25(29)27-33(3,30)31/h9-13,19-20H,4-8,14-15H2,1-3H3,(H,27,29)/t20-/m1/s1. The normalized spacial score (nSPS) is 19.3. The summed E-state index contributed by atoms with van der Waals surface area (Å²) in [6, 6.07) is 9.28. The molecule has 1 aliphatic carbocycles. The Balaban J connectivity index is 1.49. The van der Waals surface area contributed by atoms with Crippen molar-refractivity contribution >= 4 is 15.9 Å². The van der Waals surface area contributed by atoms with Gasteiger partial charge in [-0.15, -0.1) is 0 Å². The highest BCUT2D eigenvalue weighted by atomic mass is 32.2. The number of sulfonamides is 1. The minimum Gasteiger partial charge on any atom is -0.489 e. The first-order valence-electron chi connectivity index (χ1n) is 11.4. The lowest BCUT2D eigenvalue weighted by Gasteiger charge is -2.33. The zero-order chi connectivity index (χ0) is 23.8. The fraction of sp³-hybridized carbons (Fsp3) is 0.480. The number of carbonyl (C=O) groups is 1. The Kier molecular flexibility index (Phi) is 6.77. The molecule has 1 saturated carbocycles. The lowest BCUT2D eigenvalue weighted by atomic mass is 10.0. The molecule has 6 nitrogen and oxygen atoms in total. The Hall–Kier alpha value is -2.45. The van der Waals surface area contributed by atoms with Crippen LogP contribution in [0.4, 0.5) is 4.39 Å². The molecule has 2 fully saturated rings. The van der Waals surface area contributed by atoms with Gasteiger partial charge >= 0.3 is 0 Å². The van der Waals surface area contributed by atoms with E-state index in [2.05, 4.69) is 36.9 Å². The van der Waals surface area contributed by atoms with Crippen LogP contribution in [0.15, 0.2) is 30.3 Å². The maximum absolute atomic E-state index is 14.8. The second-order valence-corrected chi connectivity index (χ2v) is 11.2. The minimum atomic E-state index is -3.78. The summed E-state index contributed by atoms with van der Waals surface area (Å²) in [5.74, 6) is -1.07. The summed E-state index contributed by atoms with van der Waals surface area (Å²) in [4.78, 5) is 14.6. The fourth-order valence-electron chi connectivity index (χ4n) is 4.64. The predicted molar refractivity (Wildman–Crippen MR) is 126 cm³/mol. The van der Waals surface area contributed by atoms with Crippen molar-refractivity contribution in [3.8, 4) is 5.75 Å². The number of nitrogens with zero attached hydrogens (tertiary/aromatic N) is 1. The lowest BCUT2D eigenvalue weighted by molar-refractivity contribution is 0.0832. The van der Waals surface area contributed by atoms with Gasteiger partial charge in [0.15, 0.2) is 0 Å². The zero-order valence-electron chi connectivity index (χ0n) is 19.4. The number of rotatable bonds is 7. The Morgan fingerprint density at radius 1 is 1.12 bits per heavy atom. The Labute approximate surface area is 195 Å². The van der Waals surface area contributed by atoms with Gasteiger partial charge in [0, 0.05) is 19.2 Å². The third-order valence-corrected chi connectivity index (χ3v) is 6.64. The molecule has 0 bridgehead atoms. The van der Waals surface area contributed by atoms with Crippen molar-refractivity contribution in [2.45, 2.75) is 58.1 Å². The Morgan fingerprint density at radius 2 is 1.82 bits per heavy atom. The second-order valence-electron chi connectivity index (χ2n) is 9.46. The van der Waals surface area contributed by atoms with Crippen LogP contribution in [0.25, 0.3) is 0 Å². The molecular formula is C25H31FN2O4S. The molecule has 33 heavy (non-hydrogen) atoms. The number of nitrogens with one attached hydrogen (secondary N) is 1. The van der Waals surface area contributed by atoms with Crippen LogP contribution in [0.1, 0.15) is 64.2 Å². The van der Waals surface area contributed by atoms with Crippen molar-refractivity contribution in [2.24, 2.45) is 0 Å². The second kappa shape index (κ2) is 9.43. The van der Waals surface area contributed by atoms with Crippen LogP contribution in [-0.2, 0) is 16.6 Å². The van der Waals surface area contributed by atoms with Gasteiger partial charge in [0.05, 0.1) is 11.8 Å². The molecule has 1 heterocycles. The molecular weight excluding hydrogens is 443 g/mol. The molecule has 0 aromatic heterocycles. The van der Waals surface area contributed by atoms with Gasteiger partial charge in [-0.2, -0.15) is 0 Å². The molecule has 1 amide bonds. The smallest absolute Gasteiger partial charge is 0.267 e. The maximum atomic E-state index is 14.8. The van der Waals surface area contributed by atoms with Crippen LogP contribution < -0.4 is 9.46 Å². The van der Waals surface area contributed by atoms with Crippen molar-refractivity contribution in [1.82, 2.24) is 9.62 Å². The van der Waals surface area contributed by atoms with Gasteiger partial charge in [-0.1, -0.05) is 29.3 Å². The zero-order valence-corrected chi connectivity index (χ0v) is 20.2. The first-order valence-corrected chi connectivity index (χ1v) is 13.3. The molecule has 178 valence electrons. The van der Waals surface area contributed by atoms with Gasteiger partial charge in [0.1, 0.15) is 17.7 Å². The average Bonchev–Trinajstić information content (AvgIpc) is 3.51. The van der Waals surface area contributed by atoms with Gasteiger partial charge in [0.2, 0.25) is 10.0 Å². The largest absolute Gasteiger partial charge is 0.489 e. The highest BCUT2D eigenvalue weighted by Gasteiger charge is 2.31. The number of ether oxygens (including phenoxy) is 1. The number of likely N-dealkylation sites (tertiary alicyclic amines) is 1. The summed E-state index contributed by atoms with van der Waals surface area (Å²) < 4.78 is 45.7. The van der Waals surface area contributed by atoms with Gasteiger partial charge < -0.3 is 4.74 Å². The van der Waals surface area contributed by atoms with E-state index in [9.17, 15) is 17.6 Å². The average molecular weight is 475 g/mol. The number of carbonyl (C=O) groups excluding carboxylic acids is 1. The van der Waals surface area contributed by atoms with Crippen LogP contribution >= 0.6 is 0 Å². The first kappa shape index (κ1) is 23.7. The van der Waals surface area contributed by atoms with Crippen molar-refractivity contribution in [3.05, 3.63) is 64.0 Å². The number of piperidine rings is 1.